The number of benzene rings is 2. The molecule has 0 N–H and O–H groups in total. The maximum absolute atomic E-state index is 12.3. The number of para-hydroxylation sites is 1. The summed E-state index contributed by atoms with van der Waals surface area (Å²) in [5.74, 6) is 0.407. The number of ether oxygens (including phenoxy) is 2. The molecular formula is C16H14BrF3O2. The minimum atomic E-state index is -4.71. The van der Waals surface area contributed by atoms with E-state index in [-0.39, 0.29) is 5.75 Å². The Hall–Kier alpha value is -1.69. The lowest BCUT2D eigenvalue weighted by molar-refractivity contribution is -0.274. The third kappa shape index (κ3) is 4.40. The van der Waals surface area contributed by atoms with Gasteiger partial charge >= 0.3 is 6.36 Å². The van der Waals surface area contributed by atoms with Crippen molar-refractivity contribution in [1.29, 1.82) is 0 Å². The highest BCUT2D eigenvalue weighted by Gasteiger charge is 2.31. The normalized spacial score (nSPS) is 11.3. The fraction of sp³-hybridized carbons (Fsp3) is 0.250. The van der Waals surface area contributed by atoms with Gasteiger partial charge in [-0.2, -0.15) is 0 Å². The number of hydrogen-bond donors (Lipinski definition) is 0. The van der Waals surface area contributed by atoms with Crippen LogP contribution in [0.1, 0.15) is 5.56 Å². The molecule has 0 heterocycles. The van der Waals surface area contributed by atoms with Crippen LogP contribution in [0.5, 0.6) is 11.5 Å². The zero-order chi connectivity index (χ0) is 16.2. The van der Waals surface area contributed by atoms with E-state index in [9.17, 15) is 13.2 Å². The third-order valence-corrected chi connectivity index (χ3v) is 3.24. The fourth-order valence-corrected chi connectivity index (χ4v) is 2.23. The molecule has 0 aromatic heterocycles. The molecule has 6 heteroatoms. The average molecular weight is 375 g/mol. The van der Waals surface area contributed by atoms with Crippen molar-refractivity contribution in [3.05, 3.63) is 48.0 Å². The van der Waals surface area contributed by atoms with Crippen LogP contribution in [0.3, 0.4) is 0 Å². The second-order valence-electron chi connectivity index (χ2n) is 4.56. The molecule has 0 saturated heterocycles. The summed E-state index contributed by atoms with van der Waals surface area (Å²) in [6.07, 6.45) is -4.71. The molecule has 2 aromatic carbocycles. The van der Waals surface area contributed by atoms with Gasteiger partial charge in [-0.05, 0) is 30.2 Å². The first-order valence-corrected chi connectivity index (χ1v) is 7.67. The summed E-state index contributed by atoms with van der Waals surface area (Å²) >= 11 is 3.29. The Morgan fingerprint density at radius 2 is 1.82 bits per heavy atom. The molecule has 0 aliphatic carbocycles. The first kappa shape index (κ1) is 16.7. The van der Waals surface area contributed by atoms with Crippen molar-refractivity contribution in [1.82, 2.24) is 0 Å². The summed E-state index contributed by atoms with van der Waals surface area (Å²) < 4.78 is 46.7. The number of halogens is 4. The molecule has 0 saturated carbocycles. The molecule has 0 bridgehead atoms. The van der Waals surface area contributed by atoms with Gasteiger partial charge in [-0.25, -0.2) is 0 Å². The summed E-state index contributed by atoms with van der Waals surface area (Å²) in [6, 6.07) is 11.4. The van der Waals surface area contributed by atoms with Crippen LogP contribution >= 0.6 is 15.9 Å². The van der Waals surface area contributed by atoms with Crippen molar-refractivity contribution in [2.24, 2.45) is 0 Å². The van der Waals surface area contributed by atoms with Crippen LogP contribution in [0, 0.1) is 6.92 Å². The summed E-state index contributed by atoms with van der Waals surface area (Å²) in [6.45, 7) is 2.36. The molecule has 0 unspecified atom stereocenters. The van der Waals surface area contributed by atoms with Crippen LogP contribution in [0.4, 0.5) is 13.2 Å². The Bertz CT molecular complexity index is 642. The highest BCUT2D eigenvalue weighted by molar-refractivity contribution is 9.09. The fourth-order valence-electron chi connectivity index (χ4n) is 2.07. The molecule has 0 fully saturated rings. The Morgan fingerprint density at radius 1 is 1.09 bits per heavy atom. The lowest BCUT2D eigenvalue weighted by Gasteiger charge is -2.15. The lowest BCUT2D eigenvalue weighted by atomic mass is 10.0. The maximum atomic E-state index is 12.3. The summed E-state index contributed by atoms with van der Waals surface area (Å²) in [5.41, 5.74) is 2.25. The van der Waals surface area contributed by atoms with Gasteiger partial charge in [-0.1, -0.05) is 46.3 Å². The largest absolute Gasteiger partial charge is 0.573 e. The van der Waals surface area contributed by atoms with Gasteiger partial charge in [0, 0.05) is 10.9 Å². The van der Waals surface area contributed by atoms with E-state index in [4.69, 9.17) is 4.74 Å². The van der Waals surface area contributed by atoms with Crippen LogP contribution in [0.2, 0.25) is 0 Å². The van der Waals surface area contributed by atoms with Crippen molar-refractivity contribution in [3.63, 3.8) is 0 Å². The Balaban J connectivity index is 2.39. The lowest BCUT2D eigenvalue weighted by Crippen LogP contribution is -2.17. The predicted molar refractivity (Wildman–Crippen MR) is 82.6 cm³/mol. The molecule has 2 aromatic rings. The average Bonchev–Trinajstić information content (AvgIpc) is 2.44. The molecule has 0 spiro atoms. The molecule has 0 aliphatic heterocycles. The Labute approximate surface area is 135 Å². The molecule has 0 atom stereocenters. The molecule has 0 amide bonds. The summed E-state index contributed by atoms with van der Waals surface area (Å²) in [7, 11) is 0. The van der Waals surface area contributed by atoms with Crippen LogP contribution < -0.4 is 9.47 Å². The van der Waals surface area contributed by atoms with Gasteiger partial charge in [0.25, 0.3) is 0 Å². The highest BCUT2D eigenvalue weighted by atomic mass is 79.9. The minimum Gasteiger partial charge on any atom is -0.492 e. The third-order valence-electron chi connectivity index (χ3n) is 2.91. The van der Waals surface area contributed by atoms with Gasteiger partial charge in [0.05, 0.1) is 6.61 Å². The number of aryl methyl sites for hydroxylation is 1. The van der Waals surface area contributed by atoms with Gasteiger partial charge < -0.3 is 9.47 Å². The van der Waals surface area contributed by atoms with E-state index in [2.05, 4.69) is 20.7 Å². The number of hydrogen-bond acceptors (Lipinski definition) is 2. The van der Waals surface area contributed by atoms with Crippen LogP contribution in [0.25, 0.3) is 11.1 Å². The van der Waals surface area contributed by atoms with E-state index < -0.39 is 6.36 Å². The van der Waals surface area contributed by atoms with Crippen molar-refractivity contribution in [3.8, 4) is 22.6 Å². The van der Waals surface area contributed by atoms with Crippen molar-refractivity contribution >= 4 is 15.9 Å². The molecule has 0 aliphatic rings. The van der Waals surface area contributed by atoms with E-state index in [1.54, 1.807) is 6.07 Å². The van der Waals surface area contributed by atoms with Crippen LogP contribution in [-0.2, 0) is 0 Å². The summed E-state index contributed by atoms with van der Waals surface area (Å²) in [5, 5.41) is 0.665. The van der Waals surface area contributed by atoms with Gasteiger partial charge in [0.2, 0.25) is 0 Å². The van der Waals surface area contributed by atoms with Crippen molar-refractivity contribution in [2.45, 2.75) is 13.3 Å². The standard InChI is InChI=1S/C16H14BrF3O2/c1-11-4-2-7-14(15(11)21-9-8-17)12-5-3-6-13(10-12)22-16(18,19)20/h2-7,10H,8-9H2,1H3. The first-order valence-electron chi connectivity index (χ1n) is 6.55. The smallest absolute Gasteiger partial charge is 0.492 e. The molecular weight excluding hydrogens is 361 g/mol. The number of rotatable bonds is 5. The first-order chi connectivity index (χ1) is 10.4. The zero-order valence-corrected chi connectivity index (χ0v) is 13.4. The van der Waals surface area contributed by atoms with E-state index in [1.165, 1.54) is 18.2 Å². The van der Waals surface area contributed by atoms with Crippen molar-refractivity contribution < 1.29 is 22.6 Å². The van der Waals surface area contributed by atoms with Gasteiger partial charge in [-0.3, -0.25) is 0 Å². The topological polar surface area (TPSA) is 18.5 Å². The SMILES string of the molecule is Cc1cccc(-c2cccc(OC(F)(F)F)c2)c1OCCBr. The van der Waals surface area contributed by atoms with Crippen LogP contribution in [0.15, 0.2) is 42.5 Å². The van der Waals surface area contributed by atoms with E-state index in [0.29, 0.717) is 23.2 Å². The van der Waals surface area contributed by atoms with E-state index in [1.807, 2.05) is 25.1 Å². The molecule has 2 rings (SSSR count). The zero-order valence-electron chi connectivity index (χ0n) is 11.8. The van der Waals surface area contributed by atoms with E-state index >= 15 is 0 Å². The highest BCUT2D eigenvalue weighted by Crippen LogP contribution is 2.35. The van der Waals surface area contributed by atoms with Crippen LogP contribution in [-0.4, -0.2) is 18.3 Å². The Morgan fingerprint density at radius 3 is 2.50 bits per heavy atom. The summed E-state index contributed by atoms with van der Waals surface area (Å²) in [4.78, 5) is 0. The van der Waals surface area contributed by atoms with Gasteiger partial charge in [-0.15, -0.1) is 13.2 Å². The van der Waals surface area contributed by atoms with Gasteiger partial charge in [0.15, 0.2) is 0 Å². The number of alkyl halides is 4. The molecule has 22 heavy (non-hydrogen) atoms. The van der Waals surface area contributed by atoms with Gasteiger partial charge in [0.1, 0.15) is 11.5 Å². The monoisotopic (exact) mass is 374 g/mol. The maximum Gasteiger partial charge on any atom is 0.573 e. The van der Waals surface area contributed by atoms with E-state index in [0.717, 1.165) is 11.1 Å². The minimum absolute atomic E-state index is 0.252. The quantitative estimate of drug-likeness (QED) is 0.658. The second kappa shape index (κ2) is 7.05. The molecule has 0 radical (unpaired) electrons. The second-order valence-corrected chi connectivity index (χ2v) is 5.36. The Kier molecular flexibility index (Phi) is 5.34. The molecule has 118 valence electrons. The predicted octanol–water partition coefficient (Wildman–Crippen LogP) is 5.33. The molecule has 2 nitrogen and oxygen atoms in total. The van der Waals surface area contributed by atoms with Crippen molar-refractivity contribution in [2.75, 3.05) is 11.9 Å².